The Labute approximate surface area is 137 Å². The standard InChI is InChI=1S/C18H24ClNO2/c19-16-8-6-14(7-9-16)3-1-5-17(22)20-11-15-4-2-10-18(15,12-20)13-21/h6-9,15,21H,1-5,10-13H2/t15-,18+/m1/s1. The summed E-state index contributed by atoms with van der Waals surface area (Å²) in [5.74, 6) is 0.758. The van der Waals surface area contributed by atoms with Crippen molar-refractivity contribution in [2.45, 2.75) is 38.5 Å². The van der Waals surface area contributed by atoms with Gasteiger partial charge in [0.1, 0.15) is 0 Å². The number of fused-ring (bicyclic) bond motifs is 1. The fourth-order valence-corrected chi connectivity index (χ4v) is 4.24. The van der Waals surface area contributed by atoms with Crippen LogP contribution in [0, 0.1) is 11.3 Å². The molecule has 0 spiro atoms. The number of amides is 1. The van der Waals surface area contributed by atoms with Gasteiger partial charge in [-0.1, -0.05) is 30.2 Å². The number of aliphatic hydroxyl groups excluding tert-OH is 1. The van der Waals surface area contributed by atoms with Crippen LogP contribution in [-0.2, 0) is 11.2 Å². The molecule has 1 saturated carbocycles. The average molecular weight is 322 g/mol. The van der Waals surface area contributed by atoms with Gasteiger partial charge in [0.15, 0.2) is 0 Å². The van der Waals surface area contributed by atoms with Gasteiger partial charge < -0.3 is 10.0 Å². The number of nitrogens with zero attached hydrogens (tertiary/aromatic N) is 1. The Bertz CT molecular complexity index is 530. The minimum atomic E-state index is 0.00579. The monoisotopic (exact) mass is 321 g/mol. The van der Waals surface area contributed by atoms with Gasteiger partial charge in [0.05, 0.1) is 6.61 Å². The zero-order chi connectivity index (χ0) is 15.6. The molecule has 0 unspecified atom stereocenters. The van der Waals surface area contributed by atoms with Crippen LogP contribution in [0.2, 0.25) is 5.02 Å². The van der Waals surface area contributed by atoms with Gasteiger partial charge in [-0.3, -0.25) is 4.79 Å². The quantitative estimate of drug-likeness (QED) is 0.904. The fraction of sp³-hybridized carbons (Fsp3) is 0.611. The highest BCUT2D eigenvalue weighted by atomic mass is 35.5. The molecule has 1 amide bonds. The van der Waals surface area contributed by atoms with Crippen LogP contribution in [0.15, 0.2) is 24.3 Å². The molecule has 2 aliphatic rings. The van der Waals surface area contributed by atoms with Crippen molar-refractivity contribution in [1.82, 2.24) is 4.90 Å². The molecule has 3 rings (SSSR count). The average Bonchev–Trinajstić information content (AvgIpc) is 3.06. The lowest BCUT2D eigenvalue weighted by Crippen LogP contribution is -2.33. The smallest absolute Gasteiger partial charge is 0.222 e. The number of hydrogen-bond acceptors (Lipinski definition) is 2. The van der Waals surface area contributed by atoms with Gasteiger partial charge in [0.25, 0.3) is 0 Å². The molecule has 120 valence electrons. The number of carbonyl (C=O) groups is 1. The largest absolute Gasteiger partial charge is 0.396 e. The zero-order valence-electron chi connectivity index (χ0n) is 12.9. The number of aryl methyl sites for hydroxylation is 1. The maximum absolute atomic E-state index is 12.4. The zero-order valence-corrected chi connectivity index (χ0v) is 13.7. The Morgan fingerprint density at radius 3 is 2.82 bits per heavy atom. The summed E-state index contributed by atoms with van der Waals surface area (Å²) in [4.78, 5) is 14.4. The second-order valence-electron chi connectivity index (χ2n) is 6.86. The normalized spacial score (nSPS) is 27.2. The number of benzene rings is 1. The van der Waals surface area contributed by atoms with Gasteiger partial charge in [-0.2, -0.15) is 0 Å². The topological polar surface area (TPSA) is 40.5 Å². The molecule has 0 aromatic heterocycles. The molecule has 1 aromatic rings. The molecule has 0 bridgehead atoms. The Hall–Kier alpha value is -1.06. The van der Waals surface area contributed by atoms with Crippen molar-refractivity contribution in [2.75, 3.05) is 19.7 Å². The summed E-state index contributed by atoms with van der Waals surface area (Å²) < 4.78 is 0. The predicted octanol–water partition coefficient (Wildman–Crippen LogP) is 3.28. The summed E-state index contributed by atoms with van der Waals surface area (Å²) in [6.07, 6.45) is 5.80. The molecule has 4 heteroatoms. The van der Waals surface area contributed by atoms with E-state index in [1.54, 1.807) is 0 Å². The number of carbonyl (C=O) groups excluding carboxylic acids is 1. The van der Waals surface area contributed by atoms with E-state index in [9.17, 15) is 9.90 Å². The first-order valence-corrected chi connectivity index (χ1v) is 8.64. The Morgan fingerprint density at radius 2 is 2.14 bits per heavy atom. The number of aliphatic hydroxyl groups is 1. The van der Waals surface area contributed by atoms with E-state index in [0.717, 1.165) is 43.8 Å². The number of halogens is 1. The Balaban J connectivity index is 1.48. The lowest BCUT2D eigenvalue weighted by Gasteiger charge is -2.25. The van der Waals surface area contributed by atoms with Crippen LogP contribution in [0.5, 0.6) is 0 Å². The van der Waals surface area contributed by atoms with Gasteiger partial charge in [-0.25, -0.2) is 0 Å². The minimum absolute atomic E-state index is 0.00579. The van der Waals surface area contributed by atoms with Crippen molar-refractivity contribution < 1.29 is 9.90 Å². The first kappa shape index (κ1) is 15.8. The molecule has 2 atom stereocenters. The summed E-state index contributed by atoms with van der Waals surface area (Å²) in [6, 6.07) is 7.83. The SMILES string of the molecule is O=C(CCCc1ccc(Cl)cc1)N1C[C@H]2CCC[C@@]2(CO)C1. The summed E-state index contributed by atoms with van der Waals surface area (Å²) in [7, 11) is 0. The van der Waals surface area contributed by atoms with Crippen molar-refractivity contribution >= 4 is 17.5 Å². The van der Waals surface area contributed by atoms with Gasteiger partial charge in [-0.15, -0.1) is 0 Å². The first-order valence-electron chi connectivity index (χ1n) is 8.26. The lowest BCUT2D eigenvalue weighted by molar-refractivity contribution is -0.130. The van der Waals surface area contributed by atoms with E-state index in [2.05, 4.69) is 0 Å². The molecule has 3 nitrogen and oxygen atoms in total. The van der Waals surface area contributed by atoms with E-state index in [0.29, 0.717) is 12.3 Å². The second-order valence-corrected chi connectivity index (χ2v) is 7.30. The molecule has 1 aliphatic heterocycles. The molecule has 0 radical (unpaired) electrons. The van der Waals surface area contributed by atoms with E-state index in [-0.39, 0.29) is 17.9 Å². The third-order valence-corrected chi connectivity index (χ3v) is 5.73. The molecule has 1 aliphatic carbocycles. The van der Waals surface area contributed by atoms with Crippen molar-refractivity contribution in [3.63, 3.8) is 0 Å². The molecule has 1 N–H and O–H groups in total. The van der Waals surface area contributed by atoms with E-state index in [1.165, 1.54) is 12.0 Å². The van der Waals surface area contributed by atoms with Crippen LogP contribution >= 0.6 is 11.6 Å². The van der Waals surface area contributed by atoms with Crippen LogP contribution in [0.1, 0.15) is 37.7 Å². The van der Waals surface area contributed by atoms with Crippen LogP contribution in [0.25, 0.3) is 0 Å². The van der Waals surface area contributed by atoms with Gasteiger partial charge in [0, 0.05) is 29.9 Å². The highest BCUT2D eigenvalue weighted by molar-refractivity contribution is 6.30. The van der Waals surface area contributed by atoms with Crippen LogP contribution in [0.4, 0.5) is 0 Å². The van der Waals surface area contributed by atoms with Crippen molar-refractivity contribution in [3.05, 3.63) is 34.9 Å². The van der Waals surface area contributed by atoms with Gasteiger partial charge >= 0.3 is 0 Å². The molecule has 22 heavy (non-hydrogen) atoms. The molecular weight excluding hydrogens is 298 g/mol. The van der Waals surface area contributed by atoms with E-state index >= 15 is 0 Å². The summed E-state index contributed by atoms with van der Waals surface area (Å²) in [5.41, 5.74) is 1.23. The second kappa shape index (κ2) is 6.59. The van der Waals surface area contributed by atoms with Gasteiger partial charge in [-0.05, 0) is 49.3 Å². The Morgan fingerprint density at radius 1 is 1.36 bits per heavy atom. The van der Waals surface area contributed by atoms with Crippen molar-refractivity contribution in [3.8, 4) is 0 Å². The maximum Gasteiger partial charge on any atom is 0.222 e. The summed E-state index contributed by atoms with van der Waals surface area (Å²) in [6.45, 7) is 1.83. The molecule has 1 aromatic carbocycles. The third-order valence-electron chi connectivity index (χ3n) is 5.48. The predicted molar refractivity (Wildman–Crippen MR) is 87.8 cm³/mol. The highest BCUT2D eigenvalue weighted by Gasteiger charge is 2.49. The van der Waals surface area contributed by atoms with Crippen LogP contribution in [-0.4, -0.2) is 35.6 Å². The molecular formula is C18H24ClNO2. The number of hydrogen-bond donors (Lipinski definition) is 1. The van der Waals surface area contributed by atoms with Gasteiger partial charge in [0.2, 0.25) is 5.91 Å². The molecule has 1 heterocycles. The number of rotatable bonds is 5. The van der Waals surface area contributed by atoms with Crippen LogP contribution < -0.4 is 0 Å². The first-order chi connectivity index (χ1) is 10.6. The molecule has 2 fully saturated rings. The van der Waals surface area contributed by atoms with Crippen molar-refractivity contribution in [1.29, 1.82) is 0 Å². The lowest BCUT2D eigenvalue weighted by atomic mass is 9.82. The minimum Gasteiger partial charge on any atom is -0.396 e. The van der Waals surface area contributed by atoms with E-state index < -0.39 is 0 Å². The fourth-order valence-electron chi connectivity index (χ4n) is 4.12. The summed E-state index contributed by atoms with van der Waals surface area (Å²) >= 11 is 5.87. The highest BCUT2D eigenvalue weighted by Crippen LogP contribution is 2.48. The van der Waals surface area contributed by atoms with Crippen LogP contribution in [0.3, 0.4) is 0 Å². The van der Waals surface area contributed by atoms with Crippen molar-refractivity contribution in [2.24, 2.45) is 11.3 Å². The van der Waals surface area contributed by atoms with E-state index in [4.69, 9.17) is 11.6 Å². The third kappa shape index (κ3) is 3.16. The Kier molecular flexibility index (Phi) is 4.74. The van der Waals surface area contributed by atoms with E-state index in [1.807, 2.05) is 29.2 Å². The maximum atomic E-state index is 12.4. The molecule has 1 saturated heterocycles. The number of likely N-dealkylation sites (tertiary alicyclic amines) is 1. The summed E-state index contributed by atoms with van der Waals surface area (Å²) in [5, 5.41) is 10.5.